The lowest BCUT2D eigenvalue weighted by Gasteiger charge is -2.10. The van der Waals surface area contributed by atoms with Crippen LogP contribution in [0, 0.1) is 5.82 Å². The molecule has 0 saturated heterocycles. The molecule has 2 rings (SSSR count). The largest absolute Gasteiger partial charge is 0.487 e. The zero-order valence-corrected chi connectivity index (χ0v) is 13.7. The van der Waals surface area contributed by atoms with Gasteiger partial charge in [0.25, 0.3) is 0 Å². The molecule has 0 unspecified atom stereocenters. The van der Waals surface area contributed by atoms with Crippen LogP contribution >= 0.6 is 27.5 Å². The molecule has 0 fully saturated rings. The Kier molecular flexibility index (Phi) is 4.88. The van der Waals surface area contributed by atoms with Crippen molar-refractivity contribution in [3.05, 3.63) is 57.3 Å². The van der Waals surface area contributed by atoms with Crippen molar-refractivity contribution in [2.24, 2.45) is 5.14 Å². The summed E-state index contributed by atoms with van der Waals surface area (Å²) in [5.41, 5.74) is 0.352. The van der Waals surface area contributed by atoms with E-state index in [1.165, 1.54) is 24.3 Å². The second kappa shape index (κ2) is 6.31. The van der Waals surface area contributed by atoms with E-state index in [4.69, 9.17) is 21.5 Å². The van der Waals surface area contributed by atoms with E-state index in [1.54, 1.807) is 12.1 Å². The number of primary sulfonamides is 1. The average Bonchev–Trinajstić information content (AvgIpc) is 2.38. The van der Waals surface area contributed by atoms with Crippen molar-refractivity contribution in [1.29, 1.82) is 0 Å². The highest BCUT2D eigenvalue weighted by atomic mass is 79.9. The van der Waals surface area contributed by atoms with Gasteiger partial charge in [0.1, 0.15) is 18.2 Å². The molecule has 0 aromatic heterocycles. The number of ether oxygens (including phenoxy) is 1. The number of sulfonamides is 1. The van der Waals surface area contributed by atoms with Gasteiger partial charge in [-0.05, 0) is 30.3 Å². The number of halogens is 3. The highest BCUT2D eigenvalue weighted by molar-refractivity contribution is 9.10. The molecule has 2 aromatic carbocycles. The van der Waals surface area contributed by atoms with Crippen LogP contribution in [0.1, 0.15) is 5.56 Å². The van der Waals surface area contributed by atoms with Crippen LogP contribution in [-0.4, -0.2) is 8.42 Å². The molecule has 0 aliphatic heterocycles. The maximum Gasteiger partial charge on any atom is 0.238 e. The minimum Gasteiger partial charge on any atom is -0.487 e. The quantitative estimate of drug-likeness (QED) is 0.863. The van der Waals surface area contributed by atoms with Crippen LogP contribution in [0.5, 0.6) is 5.75 Å². The fourth-order valence-electron chi connectivity index (χ4n) is 1.57. The molecule has 0 aliphatic carbocycles. The molecule has 21 heavy (non-hydrogen) atoms. The third kappa shape index (κ3) is 4.16. The topological polar surface area (TPSA) is 69.4 Å². The van der Waals surface area contributed by atoms with Crippen molar-refractivity contribution < 1.29 is 17.5 Å². The molecule has 0 saturated carbocycles. The van der Waals surface area contributed by atoms with Gasteiger partial charge in [-0.15, -0.1) is 0 Å². The van der Waals surface area contributed by atoms with Crippen molar-refractivity contribution in [2.75, 3.05) is 0 Å². The minimum absolute atomic E-state index is 0.0342. The van der Waals surface area contributed by atoms with E-state index in [0.29, 0.717) is 10.0 Å². The first-order valence-electron chi connectivity index (χ1n) is 5.66. The standard InChI is InChI=1S/C13H10BrClFNO3S/c14-9-2-1-8(12(16)5-9)7-20-13-4-3-10(6-11(13)15)21(17,18)19/h1-6H,7H2,(H2,17,18,19). The molecule has 0 amide bonds. The maximum atomic E-state index is 13.6. The van der Waals surface area contributed by atoms with Gasteiger partial charge in [-0.2, -0.15) is 0 Å². The van der Waals surface area contributed by atoms with Gasteiger partial charge in [-0.25, -0.2) is 17.9 Å². The summed E-state index contributed by atoms with van der Waals surface area (Å²) in [6.45, 7) is -0.0342. The average molecular weight is 395 g/mol. The van der Waals surface area contributed by atoms with Gasteiger partial charge in [0, 0.05) is 10.0 Å². The van der Waals surface area contributed by atoms with Gasteiger partial charge in [0.15, 0.2) is 0 Å². The first-order valence-corrected chi connectivity index (χ1v) is 8.38. The minimum atomic E-state index is -3.83. The number of hydrogen-bond donors (Lipinski definition) is 1. The molecular formula is C13H10BrClFNO3S. The summed E-state index contributed by atoms with van der Waals surface area (Å²) in [6.07, 6.45) is 0. The molecule has 0 atom stereocenters. The fraction of sp³-hybridized carbons (Fsp3) is 0.0769. The van der Waals surface area contributed by atoms with E-state index in [9.17, 15) is 12.8 Å². The maximum absolute atomic E-state index is 13.6. The highest BCUT2D eigenvalue weighted by Crippen LogP contribution is 2.28. The normalized spacial score (nSPS) is 11.4. The van der Waals surface area contributed by atoms with Crippen LogP contribution in [0.4, 0.5) is 4.39 Å². The smallest absolute Gasteiger partial charge is 0.238 e. The van der Waals surface area contributed by atoms with Crippen molar-refractivity contribution in [2.45, 2.75) is 11.5 Å². The second-order valence-corrected chi connectivity index (χ2v) is 7.05. The van der Waals surface area contributed by atoms with Gasteiger partial charge < -0.3 is 4.74 Å². The monoisotopic (exact) mass is 393 g/mol. The van der Waals surface area contributed by atoms with E-state index in [-0.39, 0.29) is 22.3 Å². The van der Waals surface area contributed by atoms with Crippen molar-refractivity contribution in [3.8, 4) is 5.75 Å². The Morgan fingerprint density at radius 1 is 1.24 bits per heavy atom. The summed E-state index contributed by atoms with van der Waals surface area (Å²) in [4.78, 5) is -0.116. The van der Waals surface area contributed by atoms with E-state index in [2.05, 4.69) is 15.9 Å². The molecule has 0 aliphatic rings. The number of rotatable bonds is 4. The van der Waals surface area contributed by atoms with Crippen LogP contribution in [0.25, 0.3) is 0 Å². The predicted octanol–water partition coefficient (Wildman–Crippen LogP) is 3.47. The Labute approximate surface area is 134 Å². The third-order valence-electron chi connectivity index (χ3n) is 2.63. The van der Waals surface area contributed by atoms with Gasteiger partial charge in [0.05, 0.1) is 9.92 Å². The van der Waals surface area contributed by atoms with Crippen molar-refractivity contribution in [3.63, 3.8) is 0 Å². The summed E-state index contributed by atoms with van der Waals surface area (Å²) in [7, 11) is -3.83. The zero-order chi connectivity index (χ0) is 15.6. The molecular weight excluding hydrogens is 385 g/mol. The van der Waals surface area contributed by atoms with Gasteiger partial charge in [-0.3, -0.25) is 0 Å². The van der Waals surface area contributed by atoms with Crippen LogP contribution in [0.3, 0.4) is 0 Å². The van der Waals surface area contributed by atoms with Crippen molar-refractivity contribution in [1.82, 2.24) is 0 Å². The molecule has 0 spiro atoms. The van der Waals surface area contributed by atoms with E-state index >= 15 is 0 Å². The lowest BCUT2D eigenvalue weighted by molar-refractivity contribution is 0.300. The Morgan fingerprint density at radius 3 is 2.52 bits per heavy atom. The summed E-state index contributed by atoms with van der Waals surface area (Å²) < 4.78 is 42.0. The van der Waals surface area contributed by atoms with Crippen LogP contribution in [0.15, 0.2) is 45.8 Å². The van der Waals surface area contributed by atoms with Crippen LogP contribution in [-0.2, 0) is 16.6 Å². The summed E-state index contributed by atoms with van der Waals surface area (Å²) >= 11 is 9.08. The molecule has 2 N–H and O–H groups in total. The Morgan fingerprint density at radius 2 is 1.95 bits per heavy atom. The molecule has 0 heterocycles. The first-order chi connectivity index (χ1) is 9.77. The summed E-state index contributed by atoms with van der Waals surface area (Å²) in [6, 6.07) is 8.42. The SMILES string of the molecule is NS(=O)(=O)c1ccc(OCc2ccc(Br)cc2F)c(Cl)c1. The van der Waals surface area contributed by atoms with E-state index in [0.717, 1.165) is 0 Å². The fourth-order valence-corrected chi connectivity index (χ4v) is 2.74. The molecule has 4 nitrogen and oxygen atoms in total. The number of hydrogen-bond acceptors (Lipinski definition) is 3. The van der Waals surface area contributed by atoms with Gasteiger partial charge in [-0.1, -0.05) is 33.6 Å². The van der Waals surface area contributed by atoms with E-state index in [1.807, 2.05) is 0 Å². The van der Waals surface area contributed by atoms with Crippen LogP contribution < -0.4 is 9.88 Å². The molecule has 0 bridgehead atoms. The van der Waals surface area contributed by atoms with Crippen LogP contribution in [0.2, 0.25) is 5.02 Å². The molecule has 8 heteroatoms. The second-order valence-electron chi connectivity index (χ2n) is 4.16. The lowest BCUT2D eigenvalue weighted by Crippen LogP contribution is -2.12. The van der Waals surface area contributed by atoms with Gasteiger partial charge >= 0.3 is 0 Å². The number of nitrogens with two attached hydrogens (primary N) is 1. The summed E-state index contributed by atoms with van der Waals surface area (Å²) in [5.74, 6) is -0.173. The Bertz CT molecular complexity index is 783. The van der Waals surface area contributed by atoms with E-state index < -0.39 is 15.8 Å². The molecule has 0 radical (unpaired) electrons. The highest BCUT2D eigenvalue weighted by Gasteiger charge is 2.12. The Balaban J connectivity index is 2.17. The number of benzene rings is 2. The zero-order valence-electron chi connectivity index (χ0n) is 10.5. The third-order valence-corrected chi connectivity index (χ3v) is 4.33. The molecule has 2 aromatic rings. The Hall–Kier alpha value is -1.15. The van der Waals surface area contributed by atoms with Crippen molar-refractivity contribution >= 4 is 37.6 Å². The first kappa shape index (κ1) is 16.2. The predicted molar refractivity (Wildman–Crippen MR) is 81.3 cm³/mol. The van der Waals surface area contributed by atoms with Gasteiger partial charge in [0.2, 0.25) is 10.0 Å². The summed E-state index contributed by atoms with van der Waals surface area (Å²) in [5, 5.41) is 5.08. The lowest BCUT2D eigenvalue weighted by atomic mass is 10.2. The molecule has 112 valence electrons.